The Morgan fingerprint density at radius 3 is 2.63 bits per heavy atom. The normalized spacial score (nSPS) is 12.1. The van der Waals surface area contributed by atoms with E-state index in [1.54, 1.807) is 0 Å². The van der Waals surface area contributed by atoms with Gasteiger partial charge in [0.1, 0.15) is 0 Å². The van der Waals surface area contributed by atoms with Crippen molar-refractivity contribution >= 4 is 16.8 Å². The Bertz CT molecular complexity index is 1090. The van der Waals surface area contributed by atoms with E-state index in [2.05, 4.69) is 30.9 Å². The van der Waals surface area contributed by atoms with Gasteiger partial charge in [0, 0.05) is 10.9 Å². The molecule has 0 aliphatic carbocycles. The SMILES string of the molecule is Cc1nc2ccccc2cc1C(=O)NC(C)c1ccc(-c2nn[nH]n2)cc1. The van der Waals surface area contributed by atoms with Gasteiger partial charge in [0.2, 0.25) is 5.82 Å². The molecular weight excluding hydrogens is 340 g/mol. The standard InChI is InChI=1S/C20H18N6O/c1-12(14-7-9-15(10-8-14)19-23-25-26-24-19)22-20(27)17-11-16-5-3-4-6-18(16)21-13(17)2/h3-12H,1-2H3,(H,22,27)(H,23,24,25,26). The maximum Gasteiger partial charge on any atom is 0.253 e. The van der Waals surface area contributed by atoms with E-state index >= 15 is 0 Å². The molecule has 134 valence electrons. The first-order valence-electron chi connectivity index (χ1n) is 8.63. The fourth-order valence-corrected chi connectivity index (χ4v) is 3.00. The van der Waals surface area contributed by atoms with Crippen LogP contribution in [0.4, 0.5) is 0 Å². The van der Waals surface area contributed by atoms with Gasteiger partial charge in [-0.3, -0.25) is 9.78 Å². The highest BCUT2D eigenvalue weighted by Gasteiger charge is 2.15. The summed E-state index contributed by atoms with van der Waals surface area (Å²) in [6, 6.07) is 17.2. The summed E-state index contributed by atoms with van der Waals surface area (Å²) in [6.45, 7) is 3.80. The second kappa shape index (κ2) is 6.95. The molecule has 1 amide bonds. The van der Waals surface area contributed by atoms with Crippen LogP contribution in [0.1, 0.15) is 34.6 Å². The lowest BCUT2D eigenvalue weighted by molar-refractivity contribution is 0.0939. The number of hydrogen-bond acceptors (Lipinski definition) is 5. The Morgan fingerprint density at radius 2 is 1.89 bits per heavy atom. The van der Waals surface area contributed by atoms with Crippen molar-refractivity contribution in [1.29, 1.82) is 0 Å². The molecule has 27 heavy (non-hydrogen) atoms. The Morgan fingerprint density at radius 1 is 1.11 bits per heavy atom. The zero-order chi connectivity index (χ0) is 18.8. The van der Waals surface area contributed by atoms with Crippen molar-refractivity contribution in [2.45, 2.75) is 19.9 Å². The lowest BCUT2D eigenvalue weighted by atomic mass is 10.0. The fraction of sp³-hybridized carbons (Fsp3) is 0.150. The molecule has 4 aromatic rings. The number of pyridine rings is 1. The Labute approximate surface area is 155 Å². The van der Waals surface area contributed by atoms with Gasteiger partial charge < -0.3 is 5.32 Å². The number of H-pyrrole nitrogens is 1. The van der Waals surface area contributed by atoms with E-state index in [4.69, 9.17) is 0 Å². The number of nitrogens with one attached hydrogen (secondary N) is 2. The first-order chi connectivity index (χ1) is 13.1. The molecule has 1 atom stereocenters. The minimum atomic E-state index is -0.150. The second-order valence-corrected chi connectivity index (χ2v) is 6.37. The molecule has 2 aromatic carbocycles. The molecule has 4 rings (SSSR count). The van der Waals surface area contributed by atoms with E-state index in [1.165, 1.54) is 0 Å². The number of carbonyl (C=O) groups is 1. The van der Waals surface area contributed by atoms with Gasteiger partial charge in [-0.25, -0.2) is 0 Å². The molecule has 7 heteroatoms. The number of carbonyl (C=O) groups excluding carboxylic acids is 1. The van der Waals surface area contributed by atoms with Crippen molar-refractivity contribution in [1.82, 2.24) is 30.9 Å². The lowest BCUT2D eigenvalue weighted by Crippen LogP contribution is -2.27. The predicted octanol–water partition coefficient (Wildman–Crippen LogP) is 3.21. The monoisotopic (exact) mass is 358 g/mol. The van der Waals surface area contributed by atoms with Crippen LogP contribution in [0.3, 0.4) is 0 Å². The summed E-state index contributed by atoms with van der Waals surface area (Å²) >= 11 is 0. The van der Waals surface area contributed by atoms with Crippen molar-refractivity contribution < 1.29 is 4.79 Å². The maximum atomic E-state index is 12.8. The van der Waals surface area contributed by atoms with Crippen molar-refractivity contribution in [3.8, 4) is 11.4 Å². The zero-order valence-electron chi connectivity index (χ0n) is 15.0. The number of aromatic nitrogens is 5. The highest BCUT2D eigenvalue weighted by molar-refractivity contribution is 5.98. The molecule has 2 heterocycles. The van der Waals surface area contributed by atoms with Crippen molar-refractivity contribution in [3.05, 3.63) is 71.4 Å². The molecule has 0 saturated heterocycles. The number of hydrogen-bond donors (Lipinski definition) is 2. The third kappa shape index (κ3) is 3.39. The van der Waals surface area contributed by atoms with Crippen LogP contribution in [0.15, 0.2) is 54.6 Å². The van der Waals surface area contributed by atoms with Gasteiger partial charge >= 0.3 is 0 Å². The van der Waals surface area contributed by atoms with Crippen LogP contribution in [0.25, 0.3) is 22.3 Å². The number of aryl methyl sites for hydroxylation is 1. The number of fused-ring (bicyclic) bond motifs is 1. The summed E-state index contributed by atoms with van der Waals surface area (Å²) < 4.78 is 0. The third-order valence-electron chi connectivity index (χ3n) is 4.52. The molecule has 0 bridgehead atoms. The summed E-state index contributed by atoms with van der Waals surface area (Å²) in [7, 11) is 0. The molecule has 0 saturated carbocycles. The number of benzene rings is 2. The number of tetrazole rings is 1. The summed E-state index contributed by atoms with van der Waals surface area (Å²) in [4.78, 5) is 17.3. The van der Waals surface area contributed by atoms with Crippen LogP contribution in [0.2, 0.25) is 0 Å². The van der Waals surface area contributed by atoms with Gasteiger partial charge in [0.25, 0.3) is 5.91 Å². The molecule has 0 spiro atoms. The van der Waals surface area contributed by atoms with Crippen LogP contribution >= 0.6 is 0 Å². The first-order valence-corrected chi connectivity index (χ1v) is 8.63. The number of amides is 1. The zero-order valence-corrected chi connectivity index (χ0v) is 15.0. The quantitative estimate of drug-likeness (QED) is 0.584. The van der Waals surface area contributed by atoms with Crippen molar-refractivity contribution in [3.63, 3.8) is 0 Å². The van der Waals surface area contributed by atoms with Crippen LogP contribution in [0.5, 0.6) is 0 Å². The average Bonchev–Trinajstić information content (AvgIpc) is 3.22. The predicted molar refractivity (Wildman–Crippen MR) is 102 cm³/mol. The van der Waals surface area contributed by atoms with E-state index in [0.29, 0.717) is 17.1 Å². The van der Waals surface area contributed by atoms with Crippen LogP contribution < -0.4 is 5.32 Å². The molecule has 0 fully saturated rings. The summed E-state index contributed by atoms with van der Waals surface area (Å²) in [5.74, 6) is 0.400. The highest BCUT2D eigenvalue weighted by atomic mass is 16.1. The molecule has 1 unspecified atom stereocenters. The molecule has 7 nitrogen and oxygen atoms in total. The minimum absolute atomic E-state index is 0.138. The summed E-state index contributed by atoms with van der Waals surface area (Å²) in [5, 5.41) is 17.9. The van der Waals surface area contributed by atoms with Gasteiger partial charge in [-0.1, -0.05) is 42.5 Å². The van der Waals surface area contributed by atoms with Crippen LogP contribution in [0, 0.1) is 6.92 Å². The molecule has 2 N–H and O–H groups in total. The van der Waals surface area contributed by atoms with Crippen LogP contribution in [-0.4, -0.2) is 31.5 Å². The molecule has 0 radical (unpaired) electrons. The second-order valence-electron chi connectivity index (χ2n) is 6.37. The Balaban J connectivity index is 1.53. The van der Waals surface area contributed by atoms with Gasteiger partial charge in [0.05, 0.1) is 22.8 Å². The molecule has 2 aromatic heterocycles. The number of para-hydroxylation sites is 1. The van der Waals surface area contributed by atoms with E-state index in [-0.39, 0.29) is 11.9 Å². The maximum absolute atomic E-state index is 12.8. The van der Waals surface area contributed by atoms with Crippen molar-refractivity contribution in [2.24, 2.45) is 0 Å². The molecular formula is C20H18N6O. The topological polar surface area (TPSA) is 96.5 Å². The van der Waals surface area contributed by atoms with E-state index in [0.717, 1.165) is 22.0 Å². The lowest BCUT2D eigenvalue weighted by Gasteiger charge is -2.16. The highest BCUT2D eigenvalue weighted by Crippen LogP contribution is 2.20. The number of nitrogens with zero attached hydrogens (tertiary/aromatic N) is 4. The minimum Gasteiger partial charge on any atom is -0.345 e. The summed E-state index contributed by atoms with van der Waals surface area (Å²) in [5.41, 5.74) is 4.04. The van der Waals surface area contributed by atoms with E-state index in [9.17, 15) is 4.79 Å². The third-order valence-corrected chi connectivity index (χ3v) is 4.52. The molecule has 0 aliphatic heterocycles. The van der Waals surface area contributed by atoms with Gasteiger partial charge in [-0.15, -0.1) is 10.2 Å². The van der Waals surface area contributed by atoms with E-state index < -0.39 is 0 Å². The van der Waals surface area contributed by atoms with E-state index in [1.807, 2.05) is 68.4 Å². The molecule has 0 aliphatic rings. The van der Waals surface area contributed by atoms with Gasteiger partial charge in [0.15, 0.2) is 0 Å². The van der Waals surface area contributed by atoms with Crippen LogP contribution in [-0.2, 0) is 0 Å². The summed E-state index contributed by atoms with van der Waals surface area (Å²) in [6.07, 6.45) is 0. The largest absolute Gasteiger partial charge is 0.345 e. The van der Waals surface area contributed by atoms with Gasteiger partial charge in [-0.2, -0.15) is 5.21 Å². The smallest absolute Gasteiger partial charge is 0.253 e. The van der Waals surface area contributed by atoms with Crippen molar-refractivity contribution in [2.75, 3.05) is 0 Å². The first kappa shape index (κ1) is 16.8. The average molecular weight is 358 g/mol. The van der Waals surface area contributed by atoms with Gasteiger partial charge in [-0.05, 0) is 36.8 Å². The Hall–Kier alpha value is -3.61. The Kier molecular flexibility index (Phi) is 4.33. The number of rotatable bonds is 4. The number of aromatic amines is 1. The fourth-order valence-electron chi connectivity index (χ4n) is 3.00.